The van der Waals surface area contributed by atoms with Crippen LogP contribution in [-0.2, 0) is 0 Å². The Hall–Kier alpha value is -2.24. The highest BCUT2D eigenvalue weighted by molar-refractivity contribution is 5.60. The molecule has 0 saturated carbocycles. The summed E-state index contributed by atoms with van der Waals surface area (Å²) in [5.41, 5.74) is 0.00957. The fraction of sp³-hybridized carbons (Fsp3) is 0.333. The average molecular weight is 292 g/mol. The number of rotatable bonds is 3. The van der Waals surface area contributed by atoms with E-state index in [4.69, 9.17) is 0 Å². The number of anilines is 3. The molecule has 0 amide bonds. The van der Waals surface area contributed by atoms with Gasteiger partial charge in [0, 0.05) is 17.7 Å². The number of hydrogen-bond acceptors (Lipinski definition) is 4. The predicted molar refractivity (Wildman–Crippen MR) is 79.8 cm³/mol. The van der Waals surface area contributed by atoms with Crippen LogP contribution in [0.4, 0.5) is 26.1 Å². The lowest BCUT2D eigenvalue weighted by Crippen LogP contribution is -2.27. The number of hydrogen-bond donors (Lipinski definition) is 2. The second-order valence-corrected chi connectivity index (χ2v) is 5.81. The molecule has 0 atom stereocenters. The Bertz CT molecular complexity index is 651. The van der Waals surface area contributed by atoms with Gasteiger partial charge in [-0.1, -0.05) is 0 Å². The second kappa shape index (κ2) is 5.63. The number of nitrogens with one attached hydrogen (secondary N) is 2. The van der Waals surface area contributed by atoms with E-state index in [0.29, 0.717) is 17.5 Å². The highest BCUT2D eigenvalue weighted by Crippen LogP contribution is 2.22. The van der Waals surface area contributed by atoms with Crippen molar-refractivity contribution < 1.29 is 8.78 Å². The van der Waals surface area contributed by atoms with E-state index < -0.39 is 11.6 Å². The van der Waals surface area contributed by atoms with Gasteiger partial charge < -0.3 is 10.6 Å². The molecular weight excluding hydrogens is 274 g/mol. The van der Waals surface area contributed by atoms with Crippen molar-refractivity contribution in [3.05, 3.63) is 41.7 Å². The normalized spacial score (nSPS) is 11.3. The van der Waals surface area contributed by atoms with Gasteiger partial charge in [-0.2, -0.15) is 0 Å². The molecule has 0 aliphatic carbocycles. The number of halogens is 2. The zero-order chi connectivity index (χ0) is 15.6. The lowest BCUT2D eigenvalue weighted by Gasteiger charge is -2.21. The summed E-state index contributed by atoms with van der Waals surface area (Å²) in [6, 6.07) is 5.03. The van der Waals surface area contributed by atoms with Gasteiger partial charge in [0.2, 0.25) is 0 Å². The Morgan fingerprint density at radius 1 is 1.00 bits per heavy atom. The van der Waals surface area contributed by atoms with Gasteiger partial charge in [-0.05, 0) is 39.8 Å². The number of aryl methyl sites for hydroxylation is 1. The lowest BCUT2D eigenvalue weighted by atomic mass is 10.1. The van der Waals surface area contributed by atoms with Crippen molar-refractivity contribution in [3.63, 3.8) is 0 Å². The van der Waals surface area contributed by atoms with Gasteiger partial charge in [0.15, 0.2) is 0 Å². The van der Waals surface area contributed by atoms with Gasteiger partial charge in [0.25, 0.3) is 0 Å². The molecule has 1 heterocycles. The Balaban J connectivity index is 2.27. The van der Waals surface area contributed by atoms with Crippen molar-refractivity contribution in [1.82, 2.24) is 9.97 Å². The number of aromatic nitrogens is 2. The zero-order valence-electron chi connectivity index (χ0n) is 12.5. The first kappa shape index (κ1) is 15.2. The van der Waals surface area contributed by atoms with Crippen LogP contribution in [0.15, 0.2) is 24.3 Å². The van der Waals surface area contributed by atoms with Crippen molar-refractivity contribution in [2.24, 2.45) is 0 Å². The summed E-state index contributed by atoms with van der Waals surface area (Å²) in [5.74, 6) is 0.345. The van der Waals surface area contributed by atoms with Crippen LogP contribution in [0.1, 0.15) is 26.6 Å². The topological polar surface area (TPSA) is 49.8 Å². The van der Waals surface area contributed by atoms with Crippen LogP contribution in [0.2, 0.25) is 0 Å². The molecule has 0 saturated heterocycles. The molecule has 21 heavy (non-hydrogen) atoms. The summed E-state index contributed by atoms with van der Waals surface area (Å²) in [4.78, 5) is 8.48. The molecule has 2 N–H and O–H groups in total. The first-order valence-electron chi connectivity index (χ1n) is 6.59. The van der Waals surface area contributed by atoms with Gasteiger partial charge in [0.1, 0.15) is 29.1 Å². The Labute approximate surface area is 122 Å². The van der Waals surface area contributed by atoms with Gasteiger partial charge in [-0.15, -0.1) is 0 Å². The molecule has 1 aromatic heterocycles. The first-order chi connectivity index (χ1) is 9.73. The standard InChI is InChI=1S/C15H18F2N4/c1-9-18-13(8-14(19-9)21-15(2,3)4)20-12-6-5-10(16)7-11(12)17/h5-8H,1-4H3,(H2,18,19,20,21). The van der Waals surface area contributed by atoms with E-state index in [1.165, 1.54) is 12.1 Å². The Morgan fingerprint density at radius 2 is 1.67 bits per heavy atom. The summed E-state index contributed by atoms with van der Waals surface area (Å²) in [6.45, 7) is 7.78. The third kappa shape index (κ3) is 4.37. The van der Waals surface area contributed by atoms with Gasteiger partial charge in [0.05, 0.1) is 5.69 Å². The SMILES string of the molecule is Cc1nc(Nc2ccc(F)cc2F)cc(NC(C)(C)C)n1. The molecule has 4 nitrogen and oxygen atoms in total. The van der Waals surface area contributed by atoms with E-state index in [1.54, 1.807) is 13.0 Å². The molecule has 0 unspecified atom stereocenters. The van der Waals surface area contributed by atoms with Crippen LogP contribution < -0.4 is 10.6 Å². The second-order valence-electron chi connectivity index (χ2n) is 5.81. The molecule has 0 aliphatic rings. The van der Waals surface area contributed by atoms with Gasteiger partial charge >= 0.3 is 0 Å². The van der Waals surface area contributed by atoms with E-state index in [0.717, 1.165) is 6.07 Å². The van der Waals surface area contributed by atoms with Crippen molar-refractivity contribution in [3.8, 4) is 0 Å². The molecule has 0 radical (unpaired) electrons. The summed E-state index contributed by atoms with van der Waals surface area (Å²) in [5, 5.41) is 6.06. The lowest BCUT2D eigenvalue weighted by molar-refractivity contribution is 0.586. The minimum absolute atomic E-state index is 0.154. The van der Waals surface area contributed by atoms with Crippen LogP contribution in [0.3, 0.4) is 0 Å². The van der Waals surface area contributed by atoms with Crippen LogP contribution in [-0.4, -0.2) is 15.5 Å². The summed E-state index contributed by atoms with van der Waals surface area (Å²) in [7, 11) is 0. The quantitative estimate of drug-likeness (QED) is 0.897. The summed E-state index contributed by atoms with van der Waals surface area (Å²) in [6.07, 6.45) is 0. The average Bonchev–Trinajstić information content (AvgIpc) is 2.29. The third-order valence-corrected chi connectivity index (χ3v) is 2.53. The molecule has 1 aromatic carbocycles. The molecule has 0 bridgehead atoms. The molecule has 6 heteroatoms. The fourth-order valence-electron chi connectivity index (χ4n) is 1.81. The molecular formula is C15H18F2N4. The van der Waals surface area contributed by atoms with Crippen LogP contribution >= 0.6 is 0 Å². The predicted octanol–water partition coefficient (Wildman–Crippen LogP) is 4.02. The molecule has 2 aromatic rings. The summed E-state index contributed by atoms with van der Waals surface area (Å²) < 4.78 is 26.5. The van der Waals surface area contributed by atoms with Crippen molar-refractivity contribution >= 4 is 17.3 Å². The molecule has 0 spiro atoms. The van der Waals surface area contributed by atoms with Crippen molar-refractivity contribution in [2.75, 3.05) is 10.6 Å². The minimum atomic E-state index is -0.670. The number of benzene rings is 1. The van der Waals surface area contributed by atoms with E-state index in [9.17, 15) is 8.78 Å². The zero-order valence-corrected chi connectivity index (χ0v) is 12.5. The Morgan fingerprint density at radius 3 is 2.29 bits per heavy atom. The maximum Gasteiger partial charge on any atom is 0.149 e. The monoisotopic (exact) mass is 292 g/mol. The number of nitrogens with zero attached hydrogens (tertiary/aromatic N) is 2. The van der Waals surface area contributed by atoms with Crippen LogP contribution in [0.25, 0.3) is 0 Å². The van der Waals surface area contributed by atoms with E-state index in [1.807, 2.05) is 20.8 Å². The smallest absolute Gasteiger partial charge is 0.149 e. The highest BCUT2D eigenvalue weighted by atomic mass is 19.1. The van der Waals surface area contributed by atoms with Crippen LogP contribution in [0.5, 0.6) is 0 Å². The highest BCUT2D eigenvalue weighted by Gasteiger charge is 2.12. The minimum Gasteiger partial charge on any atom is -0.365 e. The van der Waals surface area contributed by atoms with E-state index in [-0.39, 0.29) is 11.2 Å². The van der Waals surface area contributed by atoms with Gasteiger partial charge in [-0.25, -0.2) is 18.7 Å². The maximum absolute atomic E-state index is 13.6. The van der Waals surface area contributed by atoms with Crippen LogP contribution in [0, 0.1) is 18.6 Å². The largest absolute Gasteiger partial charge is 0.365 e. The van der Waals surface area contributed by atoms with Crippen molar-refractivity contribution in [1.29, 1.82) is 0 Å². The van der Waals surface area contributed by atoms with E-state index >= 15 is 0 Å². The first-order valence-corrected chi connectivity index (χ1v) is 6.59. The Kier molecular flexibility index (Phi) is 4.06. The third-order valence-electron chi connectivity index (χ3n) is 2.53. The van der Waals surface area contributed by atoms with Crippen molar-refractivity contribution in [2.45, 2.75) is 33.2 Å². The summed E-state index contributed by atoms with van der Waals surface area (Å²) >= 11 is 0. The fourth-order valence-corrected chi connectivity index (χ4v) is 1.81. The molecule has 112 valence electrons. The maximum atomic E-state index is 13.6. The van der Waals surface area contributed by atoms with Gasteiger partial charge in [-0.3, -0.25) is 0 Å². The molecule has 0 aliphatic heterocycles. The van der Waals surface area contributed by atoms with E-state index in [2.05, 4.69) is 20.6 Å². The molecule has 0 fully saturated rings. The molecule has 2 rings (SSSR count).